The molecule has 9 aromatic carbocycles. The summed E-state index contributed by atoms with van der Waals surface area (Å²) in [6, 6.07) is 77.7. The highest BCUT2D eigenvalue weighted by Crippen LogP contribution is 2.46. The lowest BCUT2D eigenvalue weighted by Gasteiger charge is -2.23. The molecule has 1 fully saturated rings. The van der Waals surface area contributed by atoms with Crippen molar-refractivity contribution in [1.29, 1.82) is 0 Å². The van der Waals surface area contributed by atoms with Gasteiger partial charge in [0.05, 0.1) is 28.0 Å². The van der Waals surface area contributed by atoms with E-state index in [4.69, 9.17) is 12.7 Å². The van der Waals surface area contributed by atoms with Gasteiger partial charge in [-0.25, -0.2) is 4.98 Å². The fourth-order valence-electron chi connectivity index (χ4n) is 10.9. The Hall–Kier alpha value is -8.60. The van der Waals surface area contributed by atoms with Crippen molar-refractivity contribution in [2.24, 2.45) is 5.92 Å². The number of phenols is 1. The first-order valence-electron chi connectivity index (χ1n) is 27.0. The van der Waals surface area contributed by atoms with E-state index in [2.05, 4.69) is 177 Å². The Morgan fingerprint density at radius 1 is 0.486 bits per heavy atom. The first kappa shape index (κ1) is 44.1. The van der Waals surface area contributed by atoms with Crippen molar-refractivity contribution < 1.29 is 7.85 Å². The average Bonchev–Trinajstić information content (AvgIpc) is 4.27. The van der Waals surface area contributed by atoms with E-state index in [0.717, 1.165) is 126 Å². The molecule has 0 amide bonds. The Balaban J connectivity index is 1.06. The minimum atomic E-state index is -1.35. The molecule has 0 saturated heterocycles. The summed E-state index contributed by atoms with van der Waals surface area (Å²) in [6.07, 6.45) is 4.59. The molecule has 1 saturated carbocycles. The van der Waals surface area contributed by atoms with E-state index >= 15 is 0 Å². The molecule has 4 heteroatoms. The Bertz CT molecular complexity index is 3890. The summed E-state index contributed by atoms with van der Waals surface area (Å²) in [5, 5.41) is 12.8. The zero-order valence-corrected chi connectivity index (χ0v) is 42.1. The summed E-state index contributed by atoms with van der Waals surface area (Å²) in [7, 11) is 0. The van der Waals surface area contributed by atoms with Gasteiger partial charge in [-0.15, -0.1) is 0 Å². The SMILES string of the molecule is [2H]C([2H])(c1ccc(-c2ccnc(-c3cc(-c4ccccc4)cc(-c4cccc5c4nc(-c4cccc(-c6ccccc6-c6ccccc6)c4O)n5-c4ccc(C(C)(C)C)cc4-c4ccccc4)c3)c2)cc1)C1CCCC1. The summed E-state index contributed by atoms with van der Waals surface area (Å²) in [5.74, 6) is 0.829. The Labute approximate surface area is 438 Å². The summed E-state index contributed by atoms with van der Waals surface area (Å²) in [4.78, 5) is 10.7. The van der Waals surface area contributed by atoms with Crippen LogP contribution in [0.1, 0.15) is 60.3 Å². The molecule has 1 aliphatic rings. The van der Waals surface area contributed by atoms with Crippen LogP contribution in [0.2, 0.25) is 0 Å². The number of hydrogen-bond acceptors (Lipinski definition) is 3. The third-order valence-corrected chi connectivity index (χ3v) is 14.8. The zero-order valence-electron chi connectivity index (χ0n) is 44.1. The lowest BCUT2D eigenvalue weighted by atomic mass is 9.85. The third-order valence-electron chi connectivity index (χ3n) is 14.8. The van der Waals surface area contributed by atoms with Gasteiger partial charge in [-0.3, -0.25) is 9.55 Å². The van der Waals surface area contributed by atoms with Gasteiger partial charge in [0.2, 0.25) is 0 Å². The third kappa shape index (κ3) is 9.13. The number of para-hydroxylation sites is 2. The molecule has 1 aliphatic carbocycles. The molecular formula is C70H59N3O. The number of benzene rings is 9. The molecule has 0 aliphatic heterocycles. The van der Waals surface area contributed by atoms with Crippen LogP contribution in [-0.4, -0.2) is 19.6 Å². The van der Waals surface area contributed by atoms with Gasteiger partial charge in [-0.05, 0) is 134 Å². The number of phenolic OH excluding ortho intramolecular Hbond substituents is 1. The van der Waals surface area contributed by atoms with Crippen LogP contribution in [0.5, 0.6) is 5.75 Å². The number of nitrogens with zero attached hydrogens (tertiary/aromatic N) is 3. The molecule has 0 radical (unpaired) electrons. The summed E-state index contributed by atoms with van der Waals surface area (Å²) >= 11 is 0. The maximum absolute atomic E-state index is 12.8. The lowest BCUT2D eigenvalue weighted by Crippen LogP contribution is -2.12. The van der Waals surface area contributed by atoms with Gasteiger partial charge in [-0.2, -0.15) is 0 Å². The number of fused-ring (bicyclic) bond motifs is 1. The minimum Gasteiger partial charge on any atom is -0.507 e. The normalized spacial score (nSPS) is 13.5. The Morgan fingerprint density at radius 2 is 1.07 bits per heavy atom. The molecule has 0 atom stereocenters. The number of aromatic hydroxyl groups is 1. The largest absolute Gasteiger partial charge is 0.507 e. The number of rotatable bonds is 11. The van der Waals surface area contributed by atoms with Gasteiger partial charge in [0, 0.05) is 31.2 Å². The van der Waals surface area contributed by atoms with Crippen molar-refractivity contribution in [2.75, 3.05) is 0 Å². The second-order valence-corrected chi connectivity index (χ2v) is 20.7. The first-order valence-corrected chi connectivity index (χ1v) is 26.0. The molecule has 0 unspecified atom stereocenters. The van der Waals surface area contributed by atoms with Crippen molar-refractivity contribution in [1.82, 2.24) is 14.5 Å². The summed E-state index contributed by atoms with van der Waals surface area (Å²) in [6.45, 7) is 6.74. The second-order valence-electron chi connectivity index (χ2n) is 20.7. The number of imidazole rings is 1. The van der Waals surface area contributed by atoms with Gasteiger partial charge >= 0.3 is 0 Å². The maximum atomic E-state index is 12.8. The fourth-order valence-corrected chi connectivity index (χ4v) is 10.9. The molecule has 1 N–H and O–H groups in total. The van der Waals surface area contributed by atoms with Gasteiger partial charge < -0.3 is 5.11 Å². The molecule has 2 heterocycles. The highest BCUT2D eigenvalue weighted by molar-refractivity contribution is 5.99. The predicted octanol–water partition coefficient (Wildman–Crippen LogP) is 18.5. The number of hydrogen-bond donors (Lipinski definition) is 1. The van der Waals surface area contributed by atoms with Crippen LogP contribution in [0.15, 0.2) is 231 Å². The standard InChI is InChI=1S/C70H59N3O/c1-70(2,3)57-37-38-65(63(46-57)52-25-11-6-12-26-52)73-66-32-18-29-59(67(66)72-69(73)62-31-17-30-61(68(62)74)60-28-16-15-27-58(60)51-23-9-5-10-24-51)55-42-54(49-21-7-4-8-22-49)43-56(44-55)64-45-53(39-40-71-64)50-35-33-48(34-36-50)41-47-19-13-14-20-47/h4-12,15-18,21-40,42-47,74H,13-14,19-20,41H2,1-3H3/i41D2. The average molecular weight is 960 g/mol. The van der Waals surface area contributed by atoms with E-state index in [1.807, 2.05) is 79.0 Å². The van der Waals surface area contributed by atoms with E-state index in [1.54, 1.807) is 0 Å². The van der Waals surface area contributed by atoms with Crippen LogP contribution < -0.4 is 0 Å². The van der Waals surface area contributed by atoms with Crippen LogP contribution in [-0.2, 0) is 11.8 Å². The van der Waals surface area contributed by atoms with Crippen molar-refractivity contribution in [3.05, 3.63) is 242 Å². The van der Waals surface area contributed by atoms with E-state index in [1.165, 1.54) is 5.56 Å². The molecule has 11 aromatic rings. The zero-order chi connectivity index (χ0) is 52.0. The van der Waals surface area contributed by atoms with E-state index in [-0.39, 0.29) is 17.1 Å². The van der Waals surface area contributed by atoms with Crippen molar-refractivity contribution >= 4 is 11.0 Å². The molecule has 12 rings (SSSR count). The maximum Gasteiger partial charge on any atom is 0.149 e. The Morgan fingerprint density at radius 3 is 1.78 bits per heavy atom. The quantitative estimate of drug-likeness (QED) is 0.141. The number of pyridine rings is 1. The molecule has 0 bridgehead atoms. The lowest BCUT2D eigenvalue weighted by molar-refractivity contribution is 0.479. The van der Waals surface area contributed by atoms with Crippen molar-refractivity contribution in [3.8, 4) is 101 Å². The first-order chi connectivity index (χ1) is 37.0. The molecule has 2 aromatic heterocycles. The highest BCUT2D eigenvalue weighted by Gasteiger charge is 2.26. The summed E-state index contributed by atoms with van der Waals surface area (Å²) in [5.41, 5.74) is 18.8. The second kappa shape index (κ2) is 19.8. The van der Waals surface area contributed by atoms with Crippen molar-refractivity contribution in [3.63, 3.8) is 0 Å². The Kier molecular flexibility index (Phi) is 11.8. The minimum absolute atomic E-state index is 0.0570. The molecular weight excluding hydrogens is 899 g/mol. The van der Waals surface area contributed by atoms with Gasteiger partial charge in [0.25, 0.3) is 0 Å². The highest BCUT2D eigenvalue weighted by atomic mass is 16.3. The molecule has 0 spiro atoms. The topological polar surface area (TPSA) is 50.9 Å². The van der Waals surface area contributed by atoms with Crippen LogP contribution in [0.25, 0.3) is 106 Å². The fraction of sp³-hybridized carbons (Fsp3) is 0.143. The predicted molar refractivity (Wildman–Crippen MR) is 308 cm³/mol. The van der Waals surface area contributed by atoms with Crippen LogP contribution in [0, 0.1) is 5.92 Å². The smallest absolute Gasteiger partial charge is 0.149 e. The van der Waals surface area contributed by atoms with Gasteiger partial charge in [-0.1, -0.05) is 216 Å². The van der Waals surface area contributed by atoms with Crippen LogP contribution in [0.4, 0.5) is 0 Å². The van der Waals surface area contributed by atoms with E-state index in [0.29, 0.717) is 11.4 Å². The van der Waals surface area contributed by atoms with Gasteiger partial charge in [0.1, 0.15) is 11.6 Å². The number of aromatic nitrogens is 3. The van der Waals surface area contributed by atoms with Gasteiger partial charge in [0.15, 0.2) is 0 Å². The van der Waals surface area contributed by atoms with E-state index in [9.17, 15) is 5.11 Å². The van der Waals surface area contributed by atoms with Crippen molar-refractivity contribution in [2.45, 2.75) is 58.2 Å². The molecule has 4 nitrogen and oxygen atoms in total. The molecule has 74 heavy (non-hydrogen) atoms. The molecule has 360 valence electrons. The van der Waals surface area contributed by atoms with Crippen LogP contribution >= 0.6 is 0 Å². The van der Waals surface area contributed by atoms with E-state index < -0.39 is 6.37 Å². The monoisotopic (exact) mass is 959 g/mol. The van der Waals surface area contributed by atoms with Crippen LogP contribution in [0.3, 0.4) is 0 Å². The summed E-state index contributed by atoms with van der Waals surface area (Å²) < 4.78 is 20.3.